The number of hydrogen-bond donors (Lipinski definition) is 0. The lowest BCUT2D eigenvalue weighted by molar-refractivity contribution is -0.136. The number of carbonyl (C=O) groups excluding carboxylic acids is 2. The molecule has 3 nitrogen and oxygen atoms in total. The van der Waals surface area contributed by atoms with Crippen LogP contribution in [0.3, 0.4) is 0 Å². The third kappa shape index (κ3) is 2.80. The Hall–Kier alpha value is -1.33. The Labute approximate surface area is 161 Å². The van der Waals surface area contributed by atoms with Crippen molar-refractivity contribution in [3.8, 4) is 0 Å². The lowest BCUT2D eigenvalue weighted by Gasteiger charge is -2.25. The molecule has 0 aromatic carbocycles. The SMILES string of the molecule is CCc1sc(C2C(C)=CC(Cl)=CC2F)nc1C1C(=O)[C@@H]2CC[C@@H](C2)C1=O. The van der Waals surface area contributed by atoms with Gasteiger partial charge < -0.3 is 0 Å². The molecule has 2 fully saturated rings. The molecular weight excluding hydrogens is 373 g/mol. The molecule has 0 saturated heterocycles. The van der Waals surface area contributed by atoms with Crippen molar-refractivity contribution in [2.45, 2.75) is 57.5 Å². The Morgan fingerprint density at radius 3 is 2.50 bits per heavy atom. The Morgan fingerprint density at radius 1 is 1.27 bits per heavy atom. The maximum absolute atomic E-state index is 14.6. The minimum atomic E-state index is -1.25. The van der Waals surface area contributed by atoms with Crippen LogP contribution in [0.5, 0.6) is 0 Å². The number of aromatic nitrogens is 1. The highest BCUT2D eigenvalue weighted by Crippen LogP contribution is 2.46. The third-order valence-electron chi connectivity index (χ3n) is 5.90. The second-order valence-electron chi connectivity index (χ2n) is 7.52. The molecule has 3 unspecified atom stereocenters. The molecule has 1 heterocycles. The van der Waals surface area contributed by atoms with Gasteiger partial charge in [-0.25, -0.2) is 9.37 Å². The standard InChI is InChI=1S/C20H21ClFNO2S/c1-3-14-17(16-18(24)10-4-5-11(7-10)19(16)25)23-20(26-14)15-9(2)6-12(21)8-13(15)22/h6,8,10-11,13,15-16H,3-5,7H2,1-2H3/t10-,11+,13?,15?,16?. The number of Topliss-reactive ketones (excluding diaryl/α,β-unsaturated/α-hetero) is 2. The summed E-state index contributed by atoms with van der Waals surface area (Å²) in [5, 5.41) is 1.03. The maximum atomic E-state index is 14.6. The van der Waals surface area contributed by atoms with Crippen LogP contribution >= 0.6 is 22.9 Å². The molecule has 0 aliphatic heterocycles. The number of halogens is 2. The van der Waals surface area contributed by atoms with Gasteiger partial charge in [-0.2, -0.15) is 0 Å². The molecule has 26 heavy (non-hydrogen) atoms. The molecule has 1 aromatic heterocycles. The van der Waals surface area contributed by atoms with Crippen LogP contribution in [0.15, 0.2) is 22.8 Å². The van der Waals surface area contributed by atoms with Gasteiger partial charge in [0.1, 0.15) is 17.1 Å². The number of ketones is 2. The van der Waals surface area contributed by atoms with E-state index >= 15 is 0 Å². The van der Waals surface area contributed by atoms with Crippen LogP contribution in [0.4, 0.5) is 4.39 Å². The van der Waals surface area contributed by atoms with E-state index in [2.05, 4.69) is 4.98 Å². The summed E-state index contributed by atoms with van der Waals surface area (Å²) in [6, 6.07) is 0. The Morgan fingerprint density at radius 2 is 1.92 bits per heavy atom. The van der Waals surface area contributed by atoms with E-state index in [1.807, 2.05) is 13.8 Å². The molecule has 3 aliphatic rings. The minimum Gasteiger partial charge on any atom is -0.298 e. The number of fused-ring (bicyclic) bond motifs is 2. The molecule has 4 rings (SSSR count). The largest absolute Gasteiger partial charge is 0.298 e. The highest BCUT2D eigenvalue weighted by Gasteiger charge is 2.49. The molecule has 2 bridgehead atoms. The molecule has 0 radical (unpaired) electrons. The average Bonchev–Trinajstić information content (AvgIpc) is 3.18. The van der Waals surface area contributed by atoms with E-state index in [0.717, 1.165) is 23.3 Å². The van der Waals surface area contributed by atoms with Crippen molar-refractivity contribution in [1.29, 1.82) is 0 Å². The van der Waals surface area contributed by atoms with Gasteiger partial charge in [0.2, 0.25) is 0 Å². The Kier molecular flexibility index (Phi) is 4.64. The number of alkyl halides is 1. The number of thiazole rings is 1. The first-order valence-electron chi connectivity index (χ1n) is 9.17. The summed E-state index contributed by atoms with van der Waals surface area (Å²) in [5.41, 5.74) is 1.40. The highest BCUT2D eigenvalue weighted by molar-refractivity contribution is 7.11. The smallest absolute Gasteiger partial charge is 0.152 e. The number of hydrogen-bond acceptors (Lipinski definition) is 4. The monoisotopic (exact) mass is 393 g/mol. The van der Waals surface area contributed by atoms with Crippen LogP contribution in [0.25, 0.3) is 0 Å². The summed E-state index contributed by atoms with van der Waals surface area (Å²) in [6.45, 7) is 3.83. The molecule has 1 aromatic rings. The summed E-state index contributed by atoms with van der Waals surface area (Å²) in [6.07, 6.45) is 4.91. The van der Waals surface area contributed by atoms with Gasteiger partial charge in [0, 0.05) is 21.7 Å². The molecule has 0 spiro atoms. The third-order valence-corrected chi connectivity index (χ3v) is 7.44. The summed E-state index contributed by atoms with van der Waals surface area (Å²) in [5.74, 6) is -1.22. The molecule has 2 saturated carbocycles. The first-order valence-corrected chi connectivity index (χ1v) is 10.4. The second-order valence-corrected chi connectivity index (χ2v) is 9.07. The molecule has 138 valence electrons. The fourth-order valence-corrected chi connectivity index (χ4v) is 6.10. The number of carbonyl (C=O) groups is 2. The fourth-order valence-electron chi connectivity index (χ4n) is 4.56. The van der Waals surface area contributed by atoms with Gasteiger partial charge in [-0.3, -0.25) is 9.59 Å². The van der Waals surface area contributed by atoms with Crippen molar-refractivity contribution in [3.05, 3.63) is 38.3 Å². The molecule has 0 N–H and O–H groups in total. The van der Waals surface area contributed by atoms with Gasteiger partial charge in [-0.1, -0.05) is 24.1 Å². The van der Waals surface area contributed by atoms with Crippen LogP contribution < -0.4 is 0 Å². The average molecular weight is 394 g/mol. The molecule has 3 aliphatic carbocycles. The van der Waals surface area contributed by atoms with Crippen LogP contribution in [-0.2, 0) is 16.0 Å². The topological polar surface area (TPSA) is 47.0 Å². The summed E-state index contributed by atoms with van der Waals surface area (Å²) >= 11 is 7.39. The predicted octanol–water partition coefficient (Wildman–Crippen LogP) is 4.86. The zero-order chi connectivity index (χ0) is 18.6. The zero-order valence-electron chi connectivity index (χ0n) is 14.8. The van der Waals surface area contributed by atoms with E-state index in [4.69, 9.17) is 11.6 Å². The van der Waals surface area contributed by atoms with Crippen molar-refractivity contribution < 1.29 is 14.0 Å². The number of aryl methyl sites for hydroxylation is 1. The van der Waals surface area contributed by atoms with Crippen molar-refractivity contribution in [2.75, 3.05) is 0 Å². The van der Waals surface area contributed by atoms with E-state index in [1.165, 1.54) is 17.4 Å². The van der Waals surface area contributed by atoms with Crippen LogP contribution in [0.2, 0.25) is 0 Å². The van der Waals surface area contributed by atoms with Gasteiger partial charge in [0.05, 0.1) is 11.6 Å². The Bertz CT molecular complexity index is 821. The first kappa shape index (κ1) is 18.1. The second kappa shape index (κ2) is 6.68. The molecule has 6 heteroatoms. The van der Waals surface area contributed by atoms with E-state index in [1.54, 1.807) is 6.08 Å². The zero-order valence-corrected chi connectivity index (χ0v) is 16.4. The fraction of sp³-hybridized carbons (Fsp3) is 0.550. The molecule has 0 amide bonds. The number of allylic oxidation sites excluding steroid dienone is 4. The van der Waals surface area contributed by atoms with Crippen LogP contribution in [-0.4, -0.2) is 22.7 Å². The number of rotatable bonds is 3. The van der Waals surface area contributed by atoms with Crippen molar-refractivity contribution >= 4 is 34.5 Å². The lowest BCUT2D eigenvalue weighted by atomic mass is 9.77. The van der Waals surface area contributed by atoms with Crippen molar-refractivity contribution in [3.63, 3.8) is 0 Å². The predicted molar refractivity (Wildman–Crippen MR) is 100 cm³/mol. The quantitative estimate of drug-likeness (QED) is 0.689. The van der Waals surface area contributed by atoms with E-state index in [9.17, 15) is 14.0 Å². The van der Waals surface area contributed by atoms with Crippen molar-refractivity contribution in [2.24, 2.45) is 11.8 Å². The summed E-state index contributed by atoms with van der Waals surface area (Å²) in [7, 11) is 0. The van der Waals surface area contributed by atoms with Crippen molar-refractivity contribution in [1.82, 2.24) is 4.98 Å². The van der Waals surface area contributed by atoms with Gasteiger partial charge in [-0.05, 0) is 44.8 Å². The van der Waals surface area contributed by atoms with Gasteiger partial charge in [0.15, 0.2) is 11.6 Å². The Balaban J connectivity index is 1.74. The maximum Gasteiger partial charge on any atom is 0.152 e. The molecular formula is C20H21ClFNO2S. The van der Waals surface area contributed by atoms with E-state index in [-0.39, 0.29) is 23.4 Å². The van der Waals surface area contributed by atoms with Gasteiger partial charge in [0.25, 0.3) is 0 Å². The number of nitrogens with zero attached hydrogens (tertiary/aromatic N) is 1. The van der Waals surface area contributed by atoms with Gasteiger partial charge >= 0.3 is 0 Å². The minimum absolute atomic E-state index is 0.00969. The first-order chi connectivity index (χ1) is 12.4. The van der Waals surface area contributed by atoms with E-state index < -0.39 is 18.0 Å². The van der Waals surface area contributed by atoms with Gasteiger partial charge in [-0.15, -0.1) is 11.3 Å². The normalized spacial score (nSPS) is 34.1. The molecule has 5 atom stereocenters. The summed E-state index contributed by atoms with van der Waals surface area (Å²) in [4.78, 5) is 31.3. The van der Waals surface area contributed by atoms with Crippen LogP contribution in [0.1, 0.15) is 60.5 Å². The lowest BCUT2D eigenvalue weighted by Crippen LogP contribution is -2.35. The highest BCUT2D eigenvalue weighted by atomic mass is 35.5. The van der Waals surface area contributed by atoms with Crippen LogP contribution in [0, 0.1) is 11.8 Å². The summed E-state index contributed by atoms with van der Waals surface area (Å²) < 4.78 is 14.6. The van der Waals surface area contributed by atoms with E-state index in [0.29, 0.717) is 28.6 Å².